The van der Waals surface area contributed by atoms with Gasteiger partial charge in [0.15, 0.2) is 0 Å². The second kappa shape index (κ2) is 8.09. The average Bonchev–Trinajstić information content (AvgIpc) is 3.12. The molecule has 1 aliphatic heterocycles. The largest absolute Gasteiger partial charge is 0.490 e. The smallest absolute Gasteiger partial charge is 0.138 e. The Labute approximate surface area is 137 Å². The normalized spacial score (nSPS) is 17.3. The summed E-state index contributed by atoms with van der Waals surface area (Å²) in [5.41, 5.74) is 3.43. The lowest BCUT2D eigenvalue weighted by molar-refractivity contribution is 0.276. The third kappa shape index (κ3) is 4.53. The molecule has 0 spiro atoms. The maximum atomic E-state index is 8.97. The molecule has 3 rings (SSSR count). The molecule has 0 saturated carbocycles. The fraction of sp³-hybridized carbons (Fsp3) is 0.421. The van der Waals surface area contributed by atoms with Crippen LogP contribution < -0.4 is 10.1 Å². The summed E-state index contributed by atoms with van der Waals surface area (Å²) in [5, 5.41) is 12.4. The molecule has 4 heteroatoms. The number of nitrogens with one attached hydrogen (secondary N) is 1. The van der Waals surface area contributed by atoms with Crippen molar-refractivity contribution in [2.24, 2.45) is 0 Å². The van der Waals surface area contributed by atoms with Gasteiger partial charge in [0.25, 0.3) is 0 Å². The molecule has 4 nitrogen and oxygen atoms in total. The first-order valence-corrected chi connectivity index (χ1v) is 8.36. The molecule has 1 aliphatic rings. The first kappa shape index (κ1) is 16.0. The predicted octanol–water partition coefficient (Wildman–Crippen LogP) is 2.80. The third-order valence-electron chi connectivity index (χ3n) is 4.21. The van der Waals surface area contributed by atoms with Gasteiger partial charge < -0.3 is 15.2 Å². The van der Waals surface area contributed by atoms with Crippen molar-refractivity contribution >= 4 is 0 Å². The van der Waals surface area contributed by atoms with Gasteiger partial charge in [-0.1, -0.05) is 24.3 Å². The highest BCUT2D eigenvalue weighted by molar-refractivity contribution is 5.64. The second-order valence-electron chi connectivity index (χ2n) is 6.04. The lowest BCUT2D eigenvalue weighted by Crippen LogP contribution is -2.28. The first-order chi connectivity index (χ1) is 11.3. The van der Waals surface area contributed by atoms with Crippen LogP contribution in [-0.4, -0.2) is 35.9 Å². The van der Waals surface area contributed by atoms with Crippen LogP contribution in [0.2, 0.25) is 0 Å². The van der Waals surface area contributed by atoms with Gasteiger partial charge in [0.1, 0.15) is 12.4 Å². The van der Waals surface area contributed by atoms with Crippen molar-refractivity contribution in [1.29, 1.82) is 0 Å². The summed E-state index contributed by atoms with van der Waals surface area (Å²) in [4.78, 5) is 4.31. The fourth-order valence-corrected chi connectivity index (χ4v) is 2.94. The molecule has 2 heterocycles. The Morgan fingerprint density at radius 3 is 3.00 bits per heavy atom. The van der Waals surface area contributed by atoms with E-state index in [9.17, 15) is 0 Å². The number of nitrogens with zero attached hydrogens (tertiary/aromatic N) is 1. The molecule has 1 fully saturated rings. The van der Waals surface area contributed by atoms with Crippen molar-refractivity contribution in [3.63, 3.8) is 0 Å². The predicted molar refractivity (Wildman–Crippen MR) is 91.6 cm³/mol. The molecule has 23 heavy (non-hydrogen) atoms. The summed E-state index contributed by atoms with van der Waals surface area (Å²) in [7, 11) is 0. The average molecular weight is 312 g/mol. The number of hydrogen-bond acceptors (Lipinski definition) is 4. The molecule has 1 unspecified atom stereocenters. The number of aliphatic hydroxyl groups excluding tert-OH is 1. The van der Waals surface area contributed by atoms with E-state index in [4.69, 9.17) is 9.84 Å². The summed E-state index contributed by atoms with van der Waals surface area (Å²) in [6.45, 7) is 2.01. The monoisotopic (exact) mass is 312 g/mol. The minimum Gasteiger partial charge on any atom is -0.490 e. The highest BCUT2D eigenvalue weighted by atomic mass is 16.5. The van der Waals surface area contributed by atoms with Gasteiger partial charge in [-0.15, -0.1) is 0 Å². The van der Waals surface area contributed by atoms with E-state index in [2.05, 4.69) is 34.6 Å². The lowest BCUT2D eigenvalue weighted by atomic mass is 10.0. The Balaban J connectivity index is 1.68. The first-order valence-electron chi connectivity index (χ1n) is 8.36. The summed E-state index contributed by atoms with van der Waals surface area (Å²) in [5.74, 6) is 0.817. The van der Waals surface area contributed by atoms with Crippen LogP contribution in [0, 0.1) is 0 Å². The van der Waals surface area contributed by atoms with E-state index in [0.29, 0.717) is 12.6 Å². The van der Waals surface area contributed by atoms with Crippen molar-refractivity contribution < 1.29 is 9.84 Å². The zero-order valence-corrected chi connectivity index (χ0v) is 13.4. The summed E-state index contributed by atoms with van der Waals surface area (Å²) in [6.07, 6.45) is 7.73. The van der Waals surface area contributed by atoms with Gasteiger partial charge in [-0.05, 0) is 49.4 Å². The molecule has 2 N–H and O–H groups in total. The van der Waals surface area contributed by atoms with Crippen LogP contribution in [0.4, 0.5) is 0 Å². The molecular weight excluding hydrogens is 288 g/mol. The van der Waals surface area contributed by atoms with E-state index in [1.165, 1.54) is 18.4 Å². The second-order valence-corrected chi connectivity index (χ2v) is 6.04. The highest BCUT2D eigenvalue weighted by Crippen LogP contribution is 2.24. The topological polar surface area (TPSA) is 54.4 Å². The van der Waals surface area contributed by atoms with E-state index >= 15 is 0 Å². The van der Waals surface area contributed by atoms with E-state index in [-0.39, 0.29) is 6.61 Å². The maximum Gasteiger partial charge on any atom is 0.138 e. The zero-order chi connectivity index (χ0) is 15.9. The van der Waals surface area contributed by atoms with Crippen molar-refractivity contribution in [2.45, 2.75) is 31.7 Å². The van der Waals surface area contributed by atoms with Gasteiger partial charge in [0.05, 0.1) is 6.20 Å². The SMILES string of the molecule is OCCCc1cccc(-c2cncc(OCC3CCCN3)c2)c1. The van der Waals surface area contributed by atoms with Crippen LogP contribution >= 0.6 is 0 Å². The van der Waals surface area contributed by atoms with Crippen LogP contribution in [0.1, 0.15) is 24.8 Å². The summed E-state index contributed by atoms with van der Waals surface area (Å²) in [6, 6.07) is 10.9. The molecule has 2 aromatic rings. The zero-order valence-electron chi connectivity index (χ0n) is 13.4. The van der Waals surface area contributed by atoms with Crippen LogP contribution in [0.25, 0.3) is 11.1 Å². The summed E-state index contributed by atoms with van der Waals surface area (Å²) < 4.78 is 5.89. The van der Waals surface area contributed by atoms with E-state index < -0.39 is 0 Å². The highest BCUT2D eigenvalue weighted by Gasteiger charge is 2.14. The fourth-order valence-electron chi connectivity index (χ4n) is 2.94. The number of benzene rings is 1. The van der Waals surface area contributed by atoms with Crippen LogP contribution in [0.5, 0.6) is 5.75 Å². The Morgan fingerprint density at radius 1 is 1.22 bits per heavy atom. The van der Waals surface area contributed by atoms with E-state index in [1.54, 1.807) is 6.20 Å². The Kier molecular flexibility index (Phi) is 5.61. The maximum absolute atomic E-state index is 8.97. The van der Waals surface area contributed by atoms with Crippen molar-refractivity contribution in [2.75, 3.05) is 19.8 Å². The minimum atomic E-state index is 0.226. The number of pyridine rings is 1. The van der Waals surface area contributed by atoms with Crippen LogP contribution in [0.15, 0.2) is 42.7 Å². The number of hydrogen-bond donors (Lipinski definition) is 2. The van der Waals surface area contributed by atoms with Gasteiger partial charge >= 0.3 is 0 Å². The van der Waals surface area contributed by atoms with Gasteiger partial charge in [-0.3, -0.25) is 4.98 Å². The lowest BCUT2D eigenvalue weighted by Gasteiger charge is -2.12. The number of rotatable bonds is 7. The molecule has 1 aromatic heterocycles. The van der Waals surface area contributed by atoms with Crippen molar-refractivity contribution in [3.8, 4) is 16.9 Å². The molecule has 0 bridgehead atoms. The third-order valence-corrected chi connectivity index (χ3v) is 4.21. The molecule has 1 saturated heterocycles. The molecule has 122 valence electrons. The molecular formula is C19H24N2O2. The molecule has 0 radical (unpaired) electrons. The van der Waals surface area contributed by atoms with E-state index in [0.717, 1.165) is 36.3 Å². The van der Waals surface area contributed by atoms with Gasteiger partial charge in [0, 0.05) is 24.4 Å². The number of aromatic nitrogens is 1. The molecule has 1 atom stereocenters. The molecule has 0 amide bonds. The quantitative estimate of drug-likeness (QED) is 0.825. The molecule has 1 aromatic carbocycles. The molecule has 0 aliphatic carbocycles. The Morgan fingerprint density at radius 2 is 2.17 bits per heavy atom. The van der Waals surface area contributed by atoms with Crippen molar-refractivity contribution in [1.82, 2.24) is 10.3 Å². The number of aliphatic hydroxyl groups is 1. The van der Waals surface area contributed by atoms with Gasteiger partial charge in [-0.2, -0.15) is 0 Å². The van der Waals surface area contributed by atoms with Gasteiger partial charge in [-0.25, -0.2) is 0 Å². The van der Waals surface area contributed by atoms with Gasteiger partial charge in [0.2, 0.25) is 0 Å². The summed E-state index contributed by atoms with van der Waals surface area (Å²) >= 11 is 0. The van der Waals surface area contributed by atoms with E-state index in [1.807, 2.05) is 12.3 Å². The standard InChI is InChI=1S/C19H24N2O2/c22-9-3-5-15-4-1-6-16(10-15)17-11-19(13-20-12-17)23-14-18-7-2-8-21-18/h1,4,6,10-13,18,21-22H,2-3,5,7-9,14H2. The number of ether oxygens (including phenoxy) is 1. The van der Waals surface area contributed by atoms with Crippen LogP contribution in [-0.2, 0) is 6.42 Å². The minimum absolute atomic E-state index is 0.226. The number of aryl methyl sites for hydroxylation is 1. The van der Waals surface area contributed by atoms with Crippen LogP contribution in [0.3, 0.4) is 0 Å². The Hall–Kier alpha value is -1.91. The Bertz CT molecular complexity index is 624. The van der Waals surface area contributed by atoms with Crippen molar-refractivity contribution in [3.05, 3.63) is 48.3 Å².